The van der Waals surface area contributed by atoms with Crippen molar-refractivity contribution in [3.05, 3.63) is 64.0 Å². The molecule has 0 aliphatic carbocycles. The number of nitro groups is 1. The van der Waals surface area contributed by atoms with Crippen molar-refractivity contribution < 1.29 is 4.92 Å². The van der Waals surface area contributed by atoms with Crippen molar-refractivity contribution in [3.8, 4) is 0 Å². The molecule has 5 nitrogen and oxygen atoms in total. The highest BCUT2D eigenvalue weighted by Gasteiger charge is 2.10. The van der Waals surface area contributed by atoms with Crippen molar-refractivity contribution in [2.45, 2.75) is 32.9 Å². The first-order chi connectivity index (χ1) is 10.1. The number of aromatic nitrogens is 1. The molecule has 1 N–H and O–H groups in total. The molecule has 1 aromatic carbocycles. The molecule has 0 saturated heterocycles. The number of nitrogens with zero attached hydrogens (tertiary/aromatic N) is 2. The van der Waals surface area contributed by atoms with Gasteiger partial charge in [0.2, 0.25) is 0 Å². The molecule has 0 aliphatic heterocycles. The highest BCUT2D eigenvalue weighted by molar-refractivity contribution is 5.33. The van der Waals surface area contributed by atoms with Crippen LogP contribution in [0.15, 0.2) is 42.6 Å². The van der Waals surface area contributed by atoms with Gasteiger partial charge < -0.3 is 9.88 Å². The first kappa shape index (κ1) is 15.3. The van der Waals surface area contributed by atoms with Crippen molar-refractivity contribution in [3.63, 3.8) is 0 Å². The first-order valence-electron chi connectivity index (χ1n) is 7.23. The molecule has 1 unspecified atom stereocenters. The molecule has 0 saturated carbocycles. The van der Waals surface area contributed by atoms with Crippen LogP contribution in [0.4, 0.5) is 5.69 Å². The Bertz CT molecular complexity index is 590. The molecule has 1 atom stereocenters. The second-order valence-electron chi connectivity index (χ2n) is 5.16. The number of benzene rings is 1. The minimum atomic E-state index is -0.373. The van der Waals surface area contributed by atoms with Gasteiger partial charge in [0.1, 0.15) is 0 Å². The number of non-ortho nitro benzene ring substituents is 1. The Morgan fingerprint density at radius 3 is 2.62 bits per heavy atom. The quantitative estimate of drug-likeness (QED) is 0.626. The van der Waals surface area contributed by atoms with Crippen molar-refractivity contribution in [1.29, 1.82) is 0 Å². The zero-order chi connectivity index (χ0) is 15.2. The molecule has 112 valence electrons. The smallest absolute Gasteiger partial charge is 0.269 e. The summed E-state index contributed by atoms with van der Waals surface area (Å²) in [5.74, 6) is 0. The number of hydrogen-bond acceptors (Lipinski definition) is 3. The van der Waals surface area contributed by atoms with Crippen LogP contribution < -0.4 is 5.32 Å². The lowest BCUT2D eigenvalue weighted by atomic mass is 10.2. The molecule has 5 heteroatoms. The topological polar surface area (TPSA) is 60.1 Å². The van der Waals surface area contributed by atoms with E-state index >= 15 is 0 Å². The lowest BCUT2D eigenvalue weighted by Gasteiger charge is -2.17. The second kappa shape index (κ2) is 7.04. The minimum absolute atomic E-state index is 0.129. The number of nitrogens with one attached hydrogen (secondary N) is 1. The zero-order valence-electron chi connectivity index (χ0n) is 12.5. The lowest BCUT2D eigenvalue weighted by molar-refractivity contribution is -0.384. The fourth-order valence-electron chi connectivity index (χ4n) is 2.35. The van der Waals surface area contributed by atoms with Gasteiger partial charge in [0.15, 0.2) is 0 Å². The average Bonchev–Trinajstić information content (AvgIpc) is 2.93. The monoisotopic (exact) mass is 287 g/mol. The van der Waals surface area contributed by atoms with Gasteiger partial charge in [-0.15, -0.1) is 0 Å². The van der Waals surface area contributed by atoms with Crippen LogP contribution >= 0.6 is 0 Å². The van der Waals surface area contributed by atoms with Gasteiger partial charge in [-0.3, -0.25) is 10.1 Å². The molecule has 0 radical (unpaired) electrons. The van der Waals surface area contributed by atoms with E-state index in [0.717, 1.165) is 25.1 Å². The molecule has 2 aromatic rings. The Labute approximate surface area is 124 Å². The van der Waals surface area contributed by atoms with E-state index in [2.05, 4.69) is 29.8 Å². The van der Waals surface area contributed by atoms with E-state index < -0.39 is 0 Å². The Balaban J connectivity index is 2.09. The van der Waals surface area contributed by atoms with E-state index in [0.29, 0.717) is 0 Å². The molecular formula is C16H21N3O2. The van der Waals surface area contributed by atoms with Crippen LogP contribution in [0, 0.1) is 10.1 Å². The third-order valence-corrected chi connectivity index (χ3v) is 3.51. The van der Waals surface area contributed by atoms with Gasteiger partial charge >= 0.3 is 0 Å². The van der Waals surface area contributed by atoms with Crippen LogP contribution in [-0.2, 0) is 6.54 Å². The standard InChI is InChI=1S/C16H21N3O2/c1-3-10-17-13(2)16-5-4-11-18(16)12-14-6-8-15(9-7-14)19(20)21/h4-9,11,13,17H,3,10,12H2,1-2H3. The van der Waals surface area contributed by atoms with E-state index in [9.17, 15) is 10.1 Å². The SMILES string of the molecule is CCCNC(C)c1cccn1Cc1ccc([N+](=O)[O-])cc1. The number of hydrogen-bond donors (Lipinski definition) is 1. The van der Waals surface area contributed by atoms with Crippen molar-refractivity contribution in [1.82, 2.24) is 9.88 Å². The summed E-state index contributed by atoms with van der Waals surface area (Å²) in [5.41, 5.74) is 2.41. The van der Waals surface area contributed by atoms with Gasteiger partial charge in [-0.25, -0.2) is 0 Å². The minimum Gasteiger partial charge on any atom is -0.346 e. The van der Waals surface area contributed by atoms with Crippen LogP contribution in [0.2, 0.25) is 0 Å². The highest BCUT2D eigenvalue weighted by Crippen LogP contribution is 2.17. The Morgan fingerprint density at radius 2 is 2.00 bits per heavy atom. The summed E-state index contributed by atoms with van der Waals surface area (Å²) in [4.78, 5) is 10.3. The predicted octanol–water partition coefficient (Wildman–Crippen LogP) is 3.51. The summed E-state index contributed by atoms with van der Waals surface area (Å²) >= 11 is 0. The third-order valence-electron chi connectivity index (χ3n) is 3.51. The maximum absolute atomic E-state index is 10.7. The van der Waals surface area contributed by atoms with Gasteiger partial charge in [-0.2, -0.15) is 0 Å². The summed E-state index contributed by atoms with van der Waals surface area (Å²) < 4.78 is 2.18. The molecule has 0 bridgehead atoms. The summed E-state index contributed by atoms with van der Waals surface area (Å²) in [6.45, 7) is 6.01. The molecule has 0 aliphatic rings. The Hall–Kier alpha value is -2.14. The van der Waals surface area contributed by atoms with Crippen molar-refractivity contribution in [2.75, 3.05) is 6.54 Å². The maximum Gasteiger partial charge on any atom is 0.269 e. The van der Waals surface area contributed by atoms with Gasteiger partial charge in [0.05, 0.1) is 4.92 Å². The first-order valence-corrected chi connectivity index (χ1v) is 7.23. The van der Waals surface area contributed by atoms with Crippen LogP contribution in [0.5, 0.6) is 0 Å². The molecule has 0 fully saturated rings. The Morgan fingerprint density at radius 1 is 1.29 bits per heavy atom. The van der Waals surface area contributed by atoms with Crippen LogP contribution in [0.25, 0.3) is 0 Å². The molecule has 1 heterocycles. The predicted molar refractivity (Wildman–Crippen MR) is 83.3 cm³/mol. The normalized spacial score (nSPS) is 12.3. The fourth-order valence-corrected chi connectivity index (χ4v) is 2.35. The van der Waals surface area contributed by atoms with Gasteiger partial charge in [0, 0.05) is 36.6 Å². The third kappa shape index (κ3) is 3.92. The molecule has 21 heavy (non-hydrogen) atoms. The average molecular weight is 287 g/mol. The van der Waals surface area contributed by atoms with E-state index in [4.69, 9.17) is 0 Å². The summed E-state index contributed by atoms with van der Waals surface area (Å²) in [5, 5.41) is 14.1. The highest BCUT2D eigenvalue weighted by atomic mass is 16.6. The maximum atomic E-state index is 10.7. The van der Waals surface area contributed by atoms with E-state index in [1.54, 1.807) is 12.1 Å². The molecule has 2 rings (SSSR count). The van der Waals surface area contributed by atoms with Crippen LogP contribution in [0.3, 0.4) is 0 Å². The van der Waals surface area contributed by atoms with Crippen LogP contribution in [0.1, 0.15) is 37.6 Å². The molecule has 1 aromatic heterocycles. The van der Waals surface area contributed by atoms with Crippen molar-refractivity contribution >= 4 is 5.69 Å². The van der Waals surface area contributed by atoms with Gasteiger partial charge in [-0.05, 0) is 37.6 Å². The molecule has 0 spiro atoms. The van der Waals surface area contributed by atoms with Crippen LogP contribution in [-0.4, -0.2) is 16.0 Å². The number of rotatable bonds is 7. The van der Waals surface area contributed by atoms with E-state index in [1.165, 1.54) is 5.69 Å². The fraction of sp³-hybridized carbons (Fsp3) is 0.375. The summed E-state index contributed by atoms with van der Waals surface area (Å²) in [6, 6.07) is 11.2. The summed E-state index contributed by atoms with van der Waals surface area (Å²) in [6.07, 6.45) is 3.15. The van der Waals surface area contributed by atoms with Crippen molar-refractivity contribution in [2.24, 2.45) is 0 Å². The summed E-state index contributed by atoms with van der Waals surface area (Å²) in [7, 11) is 0. The molecular weight excluding hydrogens is 266 g/mol. The van der Waals surface area contributed by atoms with Gasteiger partial charge in [-0.1, -0.05) is 19.1 Å². The zero-order valence-corrected chi connectivity index (χ0v) is 12.5. The van der Waals surface area contributed by atoms with E-state index in [-0.39, 0.29) is 16.7 Å². The Kier molecular flexibility index (Phi) is 5.11. The largest absolute Gasteiger partial charge is 0.346 e. The lowest BCUT2D eigenvalue weighted by Crippen LogP contribution is -2.22. The molecule has 0 amide bonds. The second-order valence-corrected chi connectivity index (χ2v) is 5.16. The number of nitro benzene ring substituents is 1. The van der Waals surface area contributed by atoms with Gasteiger partial charge in [0.25, 0.3) is 5.69 Å². The van der Waals surface area contributed by atoms with E-state index in [1.807, 2.05) is 24.4 Å².